The zero-order valence-corrected chi connectivity index (χ0v) is 15.1. The third kappa shape index (κ3) is 3.88. The second-order valence-corrected chi connectivity index (χ2v) is 7.58. The Balaban J connectivity index is 2.41. The molecule has 0 radical (unpaired) electrons. The zero-order valence-electron chi connectivity index (χ0n) is 14.3. The highest BCUT2D eigenvalue weighted by molar-refractivity contribution is 8.00. The van der Waals surface area contributed by atoms with Crippen molar-refractivity contribution >= 4 is 23.6 Å². The topological polar surface area (TPSA) is 40.6 Å². The molecule has 0 unspecified atom stereocenters. The van der Waals surface area contributed by atoms with Gasteiger partial charge in [-0.1, -0.05) is 19.9 Å². The van der Waals surface area contributed by atoms with Gasteiger partial charge >= 0.3 is 0 Å². The number of carbonyl (C=O) groups excluding carboxylic acids is 2. The predicted octanol–water partition coefficient (Wildman–Crippen LogP) is 3.04. The minimum Gasteiger partial charge on any atom is -0.347 e. The number of hydrogen-bond acceptors (Lipinski definition) is 3. The fourth-order valence-electron chi connectivity index (χ4n) is 2.79. The van der Waals surface area contributed by atoms with Gasteiger partial charge in [0.15, 0.2) is 0 Å². The molecule has 132 valence electrons. The molecule has 0 saturated carbocycles. The van der Waals surface area contributed by atoms with E-state index in [0.29, 0.717) is 6.42 Å². The molecule has 0 aromatic heterocycles. The zero-order chi connectivity index (χ0) is 18.0. The molecule has 2 rings (SSSR count). The second-order valence-electron chi connectivity index (χ2n) is 6.51. The fraction of sp³-hybridized carbons (Fsp3) is 0.529. The molecule has 1 aliphatic rings. The third-order valence-electron chi connectivity index (χ3n) is 3.89. The summed E-state index contributed by atoms with van der Waals surface area (Å²) in [4.78, 5) is 27.9. The van der Waals surface area contributed by atoms with Gasteiger partial charge in [-0.05, 0) is 18.4 Å². The molecule has 2 amide bonds. The fourth-order valence-corrected chi connectivity index (χ4v) is 4.04. The maximum absolute atomic E-state index is 14.2. The van der Waals surface area contributed by atoms with Gasteiger partial charge in [0.1, 0.15) is 23.1 Å². The summed E-state index contributed by atoms with van der Waals surface area (Å²) in [6.07, 6.45) is 0.489. The summed E-state index contributed by atoms with van der Waals surface area (Å²) in [5.41, 5.74) is 0.229. The van der Waals surface area contributed by atoms with Crippen LogP contribution in [0.4, 0.5) is 8.78 Å². The Bertz CT molecular complexity index is 637. The van der Waals surface area contributed by atoms with Crippen LogP contribution in [0.2, 0.25) is 0 Å². The van der Waals surface area contributed by atoms with Crippen LogP contribution in [-0.2, 0) is 9.59 Å². The van der Waals surface area contributed by atoms with Gasteiger partial charge in [-0.3, -0.25) is 9.59 Å². The lowest BCUT2D eigenvalue weighted by molar-refractivity contribution is -0.143. The highest BCUT2D eigenvalue weighted by Crippen LogP contribution is 2.42. The maximum Gasteiger partial charge on any atom is 0.244 e. The van der Waals surface area contributed by atoms with Crippen LogP contribution in [0.15, 0.2) is 18.2 Å². The minimum absolute atomic E-state index is 0.177. The molecular formula is C17H22F2N2O2S. The van der Waals surface area contributed by atoms with Crippen molar-refractivity contribution in [3.63, 3.8) is 0 Å². The molecule has 1 aromatic carbocycles. The van der Waals surface area contributed by atoms with E-state index in [1.165, 1.54) is 33.7 Å². The second kappa shape index (κ2) is 7.51. The highest BCUT2D eigenvalue weighted by Gasteiger charge is 2.42. The SMILES string of the molecule is CC(C)C[C@@H](C(=O)N(C)C)N1C(=O)CS[C@@H]1c1ccc(F)cc1F. The van der Waals surface area contributed by atoms with Crippen molar-refractivity contribution in [3.8, 4) is 0 Å². The summed E-state index contributed by atoms with van der Waals surface area (Å²) in [5, 5.41) is -0.620. The van der Waals surface area contributed by atoms with Crippen molar-refractivity contribution in [2.24, 2.45) is 5.92 Å². The Labute approximate surface area is 145 Å². The predicted molar refractivity (Wildman–Crippen MR) is 90.3 cm³/mol. The van der Waals surface area contributed by atoms with E-state index in [2.05, 4.69) is 0 Å². The number of likely N-dealkylation sites (N-methyl/N-ethyl adjacent to an activating group) is 1. The van der Waals surface area contributed by atoms with Crippen molar-refractivity contribution in [1.29, 1.82) is 0 Å². The molecule has 0 spiro atoms. The van der Waals surface area contributed by atoms with Gasteiger partial charge in [-0.25, -0.2) is 8.78 Å². The van der Waals surface area contributed by atoms with E-state index in [0.717, 1.165) is 6.07 Å². The van der Waals surface area contributed by atoms with Gasteiger partial charge in [-0.15, -0.1) is 11.8 Å². The molecule has 1 heterocycles. The van der Waals surface area contributed by atoms with E-state index < -0.39 is 23.1 Å². The molecule has 1 aliphatic heterocycles. The van der Waals surface area contributed by atoms with E-state index in [9.17, 15) is 18.4 Å². The Hall–Kier alpha value is -1.63. The molecule has 0 aliphatic carbocycles. The quantitative estimate of drug-likeness (QED) is 0.814. The van der Waals surface area contributed by atoms with Crippen molar-refractivity contribution in [3.05, 3.63) is 35.4 Å². The normalized spacial score (nSPS) is 19.0. The number of amides is 2. The lowest BCUT2D eigenvalue weighted by Crippen LogP contribution is -2.48. The average molecular weight is 356 g/mol. The molecule has 0 bridgehead atoms. The number of carbonyl (C=O) groups is 2. The number of halogens is 2. The first-order valence-corrected chi connectivity index (χ1v) is 8.86. The Morgan fingerprint density at radius 3 is 2.58 bits per heavy atom. The summed E-state index contributed by atoms with van der Waals surface area (Å²) in [7, 11) is 3.27. The van der Waals surface area contributed by atoms with E-state index in [1.807, 2.05) is 13.8 Å². The van der Waals surface area contributed by atoms with Crippen LogP contribution < -0.4 is 0 Å². The average Bonchev–Trinajstić information content (AvgIpc) is 2.85. The summed E-state index contributed by atoms with van der Waals surface area (Å²) >= 11 is 1.26. The van der Waals surface area contributed by atoms with Gasteiger partial charge in [0.2, 0.25) is 11.8 Å². The first kappa shape index (κ1) is 18.7. The van der Waals surface area contributed by atoms with Crippen LogP contribution in [-0.4, -0.2) is 47.5 Å². The molecule has 1 fully saturated rings. The van der Waals surface area contributed by atoms with Crippen molar-refractivity contribution < 1.29 is 18.4 Å². The largest absolute Gasteiger partial charge is 0.347 e. The van der Waals surface area contributed by atoms with Crippen LogP contribution in [0.5, 0.6) is 0 Å². The van der Waals surface area contributed by atoms with Crippen molar-refractivity contribution in [2.75, 3.05) is 19.8 Å². The first-order chi connectivity index (χ1) is 11.2. The number of nitrogens with zero attached hydrogens (tertiary/aromatic N) is 2. The summed E-state index contributed by atoms with van der Waals surface area (Å²) in [6.45, 7) is 3.94. The van der Waals surface area contributed by atoms with Gasteiger partial charge < -0.3 is 9.80 Å². The Morgan fingerprint density at radius 1 is 1.38 bits per heavy atom. The number of hydrogen-bond donors (Lipinski definition) is 0. The number of thioether (sulfide) groups is 1. The molecular weight excluding hydrogens is 334 g/mol. The Kier molecular flexibility index (Phi) is 5.85. The lowest BCUT2D eigenvalue weighted by atomic mass is 10.00. The summed E-state index contributed by atoms with van der Waals surface area (Å²) in [5.74, 6) is -1.39. The summed E-state index contributed by atoms with van der Waals surface area (Å²) < 4.78 is 27.4. The number of benzene rings is 1. The standard InChI is InChI=1S/C17H22F2N2O2S/c1-10(2)7-14(16(23)20(3)4)21-15(22)9-24-17(21)12-6-5-11(18)8-13(12)19/h5-6,8,10,14,17H,7,9H2,1-4H3/t14-,17+/m0/s1. The molecule has 1 aromatic rings. The Morgan fingerprint density at radius 2 is 2.04 bits per heavy atom. The smallest absolute Gasteiger partial charge is 0.244 e. The molecule has 0 N–H and O–H groups in total. The van der Waals surface area contributed by atoms with Gasteiger partial charge in [0.25, 0.3) is 0 Å². The maximum atomic E-state index is 14.2. The molecule has 1 saturated heterocycles. The van der Waals surface area contributed by atoms with Crippen molar-refractivity contribution in [1.82, 2.24) is 9.80 Å². The van der Waals surface area contributed by atoms with Crippen LogP contribution in [0.3, 0.4) is 0 Å². The van der Waals surface area contributed by atoms with Crippen LogP contribution in [0, 0.1) is 17.6 Å². The lowest BCUT2D eigenvalue weighted by Gasteiger charge is -2.34. The summed E-state index contributed by atoms with van der Waals surface area (Å²) in [6, 6.07) is 2.67. The van der Waals surface area contributed by atoms with E-state index in [4.69, 9.17) is 0 Å². The third-order valence-corrected chi connectivity index (χ3v) is 5.10. The molecule has 24 heavy (non-hydrogen) atoms. The van der Waals surface area contributed by atoms with Crippen LogP contribution in [0.1, 0.15) is 31.2 Å². The number of rotatable bonds is 5. The van der Waals surface area contributed by atoms with Crippen LogP contribution in [0.25, 0.3) is 0 Å². The molecule has 2 atom stereocenters. The van der Waals surface area contributed by atoms with E-state index in [1.54, 1.807) is 14.1 Å². The van der Waals surface area contributed by atoms with Crippen molar-refractivity contribution in [2.45, 2.75) is 31.7 Å². The first-order valence-electron chi connectivity index (χ1n) is 7.81. The monoisotopic (exact) mass is 356 g/mol. The molecule has 7 heteroatoms. The van der Waals surface area contributed by atoms with Gasteiger partial charge in [0.05, 0.1) is 5.75 Å². The van der Waals surface area contributed by atoms with Gasteiger partial charge in [0, 0.05) is 25.7 Å². The van der Waals surface area contributed by atoms with E-state index in [-0.39, 0.29) is 29.0 Å². The molecule has 4 nitrogen and oxygen atoms in total. The minimum atomic E-state index is -0.701. The van der Waals surface area contributed by atoms with Gasteiger partial charge in [-0.2, -0.15) is 0 Å². The highest BCUT2D eigenvalue weighted by atomic mass is 32.2. The van der Waals surface area contributed by atoms with Crippen LogP contribution >= 0.6 is 11.8 Å². The van der Waals surface area contributed by atoms with E-state index >= 15 is 0 Å².